The molecule has 0 spiro atoms. The van der Waals surface area contributed by atoms with Gasteiger partial charge in [-0.05, 0) is 44.3 Å². The third-order valence-corrected chi connectivity index (χ3v) is 4.92. The van der Waals surface area contributed by atoms with Gasteiger partial charge in [-0.2, -0.15) is 11.8 Å². The van der Waals surface area contributed by atoms with Crippen molar-refractivity contribution in [1.29, 1.82) is 0 Å². The number of carboxylic acids is 1. The molecule has 0 radical (unpaired) electrons. The number of carbonyl (C=O) groups is 2. The first-order valence-corrected chi connectivity index (χ1v) is 7.57. The quantitative estimate of drug-likeness (QED) is 0.723. The SMILES string of the molecule is CC(NC(=O)NC1CCCSC1)(C(=O)O)C1CC1. The normalized spacial score (nSPS) is 27.1. The van der Waals surface area contributed by atoms with Gasteiger partial charge in [0.1, 0.15) is 5.54 Å². The van der Waals surface area contributed by atoms with Crippen LogP contribution in [-0.2, 0) is 4.79 Å². The van der Waals surface area contributed by atoms with Crippen LogP contribution in [0, 0.1) is 5.92 Å². The Kier molecular flexibility index (Phi) is 4.04. The number of carboxylic acid groups (broad SMARTS) is 1. The van der Waals surface area contributed by atoms with E-state index >= 15 is 0 Å². The summed E-state index contributed by atoms with van der Waals surface area (Å²) in [6.07, 6.45) is 3.84. The summed E-state index contributed by atoms with van der Waals surface area (Å²) in [5.74, 6) is 1.19. The summed E-state index contributed by atoms with van der Waals surface area (Å²) >= 11 is 1.83. The van der Waals surface area contributed by atoms with Gasteiger partial charge in [-0.3, -0.25) is 0 Å². The highest BCUT2D eigenvalue weighted by molar-refractivity contribution is 7.99. The average molecular weight is 272 g/mol. The molecule has 2 fully saturated rings. The van der Waals surface area contributed by atoms with E-state index in [1.807, 2.05) is 11.8 Å². The minimum atomic E-state index is -1.12. The average Bonchev–Trinajstić information content (AvgIpc) is 3.13. The first-order chi connectivity index (χ1) is 8.52. The summed E-state index contributed by atoms with van der Waals surface area (Å²) in [5.41, 5.74) is -1.12. The van der Waals surface area contributed by atoms with Gasteiger partial charge in [0.25, 0.3) is 0 Å². The fourth-order valence-corrected chi connectivity index (χ4v) is 3.37. The minimum Gasteiger partial charge on any atom is -0.480 e. The van der Waals surface area contributed by atoms with Gasteiger partial charge in [0.15, 0.2) is 0 Å². The number of hydrogen-bond donors (Lipinski definition) is 3. The number of aliphatic carboxylic acids is 1. The van der Waals surface area contributed by atoms with Crippen molar-refractivity contribution in [2.75, 3.05) is 11.5 Å². The molecular weight excluding hydrogens is 252 g/mol. The molecule has 2 aliphatic rings. The van der Waals surface area contributed by atoms with Gasteiger partial charge in [0, 0.05) is 11.8 Å². The summed E-state index contributed by atoms with van der Waals surface area (Å²) < 4.78 is 0. The molecule has 1 saturated heterocycles. The lowest BCUT2D eigenvalue weighted by atomic mass is 9.96. The highest BCUT2D eigenvalue weighted by Gasteiger charge is 2.48. The van der Waals surface area contributed by atoms with Crippen molar-refractivity contribution in [2.24, 2.45) is 5.92 Å². The van der Waals surface area contributed by atoms with Crippen molar-refractivity contribution >= 4 is 23.8 Å². The molecule has 0 aromatic heterocycles. The zero-order valence-corrected chi connectivity index (χ0v) is 11.4. The third kappa shape index (κ3) is 3.10. The summed E-state index contributed by atoms with van der Waals surface area (Å²) in [7, 11) is 0. The first-order valence-electron chi connectivity index (χ1n) is 6.42. The maximum atomic E-state index is 11.9. The van der Waals surface area contributed by atoms with Gasteiger partial charge in [-0.1, -0.05) is 0 Å². The number of amides is 2. The summed E-state index contributed by atoms with van der Waals surface area (Å²) in [6.45, 7) is 1.60. The Hall–Kier alpha value is -0.910. The van der Waals surface area contributed by atoms with Crippen molar-refractivity contribution < 1.29 is 14.7 Å². The molecule has 102 valence electrons. The molecule has 2 atom stereocenters. The molecule has 18 heavy (non-hydrogen) atoms. The van der Waals surface area contributed by atoms with E-state index < -0.39 is 11.5 Å². The van der Waals surface area contributed by atoms with Crippen molar-refractivity contribution in [1.82, 2.24) is 10.6 Å². The van der Waals surface area contributed by atoms with E-state index in [9.17, 15) is 14.7 Å². The number of urea groups is 1. The van der Waals surface area contributed by atoms with Crippen LogP contribution in [0.2, 0.25) is 0 Å². The summed E-state index contributed by atoms with van der Waals surface area (Å²) in [5, 5.41) is 14.8. The molecule has 6 heteroatoms. The Morgan fingerprint density at radius 3 is 2.56 bits per heavy atom. The van der Waals surface area contributed by atoms with Crippen LogP contribution in [0.3, 0.4) is 0 Å². The Morgan fingerprint density at radius 1 is 1.33 bits per heavy atom. The van der Waals surface area contributed by atoms with Crippen LogP contribution in [0.25, 0.3) is 0 Å². The standard InChI is InChI=1S/C12H20N2O3S/c1-12(10(15)16,8-4-5-8)14-11(17)13-9-3-2-6-18-7-9/h8-9H,2-7H2,1H3,(H,15,16)(H2,13,14,17). The Morgan fingerprint density at radius 2 is 2.06 bits per heavy atom. The molecule has 1 aliphatic heterocycles. The smallest absolute Gasteiger partial charge is 0.329 e. The molecule has 0 aromatic rings. The first kappa shape index (κ1) is 13.5. The molecule has 2 unspecified atom stereocenters. The second kappa shape index (κ2) is 5.38. The molecule has 1 heterocycles. The van der Waals surface area contributed by atoms with E-state index in [1.54, 1.807) is 6.92 Å². The molecule has 2 rings (SSSR count). The zero-order chi connectivity index (χ0) is 13.2. The van der Waals surface area contributed by atoms with E-state index in [-0.39, 0.29) is 18.0 Å². The lowest BCUT2D eigenvalue weighted by Gasteiger charge is -2.29. The Labute approximate surface area is 111 Å². The third-order valence-electron chi connectivity index (χ3n) is 3.71. The number of hydrogen-bond acceptors (Lipinski definition) is 3. The van der Waals surface area contributed by atoms with Crippen molar-refractivity contribution in [3.63, 3.8) is 0 Å². The zero-order valence-electron chi connectivity index (χ0n) is 10.6. The van der Waals surface area contributed by atoms with Crippen LogP contribution >= 0.6 is 11.8 Å². The molecule has 2 amide bonds. The van der Waals surface area contributed by atoms with E-state index in [2.05, 4.69) is 10.6 Å². The lowest BCUT2D eigenvalue weighted by molar-refractivity contribution is -0.144. The van der Waals surface area contributed by atoms with Gasteiger partial charge in [-0.15, -0.1) is 0 Å². The van der Waals surface area contributed by atoms with Crippen molar-refractivity contribution in [3.8, 4) is 0 Å². The molecule has 0 bridgehead atoms. The van der Waals surface area contributed by atoms with Crippen molar-refractivity contribution in [3.05, 3.63) is 0 Å². The van der Waals surface area contributed by atoms with E-state index in [1.165, 1.54) is 0 Å². The molecule has 3 N–H and O–H groups in total. The molecule has 1 aliphatic carbocycles. The van der Waals surface area contributed by atoms with Crippen LogP contribution in [0.4, 0.5) is 4.79 Å². The van der Waals surface area contributed by atoms with Gasteiger partial charge in [0.2, 0.25) is 0 Å². The van der Waals surface area contributed by atoms with Crippen LogP contribution in [0.1, 0.15) is 32.6 Å². The van der Waals surface area contributed by atoms with E-state index in [4.69, 9.17) is 0 Å². The highest BCUT2D eigenvalue weighted by atomic mass is 32.2. The van der Waals surface area contributed by atoms with Crippen LogP contribution < -0.4 is 10.6 Å². The van der Waals surface area contributed by atoms with E-state index in [0.29, 0.717) is 0 Å². The molecule has 1 saturated carbocycles. The highest BCUT2D eigenvalue weighted by Crippen LogP contribution is 2.39. The number of nitrogens with one attached hydrogen (secondary N) is 2. The van der Waals surface area contributed by atoms with Crippen LogP contribution in [0.5, 0.6) is 0 Å². The fraction of sp³-hybridized carbons (Fsp3) is 0.833. The predicted molar refractivity (Wildman–Crippen MR) is 70.8 cm³/mol. The molecule has 5 nitrogen and oxygen atoms in total. The van der Waals surface area contributed by atoms with Gasteiger partial charge in [0.05, 0.1) is 0 Å². The topological polar surface area (TPSA) is 78.4 Å². The molecule has 0 aromatic carbocycles. The number of rotatable bonds is 4. The number of thioether (sulfide) groups is 1. The largest absolute Gasteiger partial charge is 0.480 e. The second-order valence-corrected chi connectivity index (χ2v) is 6.44. The number of carbonyl (C=O) groups excluding carboxylic acids is 1. The van der Waals surface area contributed by atoms with Crippen molar-refractivity contribution in [2.45, 2.75) is 44.2 Å². The maximum Gasteiger partial charge on any atom is 0.329 e. The predicted octanol–water partition coefficient (Wildman–Crippen LogP) is 1.43. The lowest BCUT2D eigenvalue weighted by Crippen LogP contribution is -2.58. The second-order valence-electron chi connectivity index (χ2n) is 5.29. The molecular formula is C12H20N2O3S. The monoisotopic (exact) mass is 272 g/mol. The van der Waals surface area contributed by atoms with Gasteiger partial charge in [-0.25, -0.2) is 9.59 Å². The van der Waals surface area contributed by atoms with Crippen LogP contribution in [0.15, 0.2) is 0 Å². The van der Waals surface area contributed by atoms with Gasteiger partial charge < -0.3 is 15.7 Å². The summed E-state index contributed by atoms with van der Waals surface area (Å²) in [4.78, 5) is 23.2. The summed E-state index contributed by atoms with van der Waals surface area (Å²) in [6, 6.07) is -0.180. The fourth-order valence-electron chi connectivity index (χ4n) is 2.30. The Bertz CT molecular complexity index is 340. The minimum absolute atomic E-state index is 0.0708. The van der Waals surface area contributed by atoms with Crippen LogP contribution in [-0.4, -0.2) is 40.2 Å². The Balaban J connectivity index is 1.86. The maximum absolute atomic E-state index is 11.9. The van der Waals surface area contributed by atoms with Gasteiger partial charge >= 0.3 is 12.0 Å². The van der Waals surface area contributed by atoms with E-state index in [0.717, 1.165) is 37.2 Å².